The molecule has 0 aromatic heterocycles. The maximum absolute atomic E-state index is 15.1. The van der Waals surface area contributed by atoms with Gasteiger partial charge in [0.15, 0.2) is 0 Å². The molecule has 6 amide bonds. The lowest BCUT2D eigenvalue weighted by Gasteiger charge is -2.50. The topological polar surface area (TPSA) is 147 Å². The molecule has 6 atom stereocenters. The number of anilines is 1. The summed E-state index contributed by atoms with van der Waals surface area (Å²) >= 11 is 6.32. The summed E-state index contributed by atoms with van der Waals surface area (Å²) in [5.41, 5.74) is 6.06. The number of amides is 6. The predicted molar refractivity (Wildman–Crippen MR) is 162 cm³/mol. The van der Waals surface area contributed by atoms with E-state index in [2.05, 4.69) is 0 Å². The quantitative estimate of drug-likeness (QED) is 0.325. The zero-order valence-electron chi connectivity index (χ0n) is 24.1. The fraction of sp³-hybridized carbons (Fsp3) is 0.265. The van der Waals surface area contributed by atoms with Gasteiger partial charge in [-0.25, -0.2) is 9.69 Å². The van der Waals surface area contributed by atoms with Crippen molar-refractivity contribution in [2.24, 2.45) is 29.4 Å². The number of phenols is 1. The van der Waals surface area contributed by atoms with Crippen LogP contribution in [0.4, 0.5) is 10.5 Å². The molecule has 0 radical (unpaired) electrons. The van der Waals surface area contributed by atoms with E-state index in [1.54, 1.807) is 42.5 Å². The van der Waals surface area contributed by atoms with Gasteiger partial charge in [-0.15, -0.1) is 0 Å². The fourth-order valence-corrected chi connectivity index (χ4v) is 8.43. The second-order valence-corrected chi connectivity index (χ2v) is 12.3. The van der Waals surface area contributed by atoms with Gasteiger partial charge in [-0.1, -0.05) is 65.7 Å². The zero-order valence-corrected chi connectivity index (χ0v) is 24.8. The Morgan fingerprint density at radius 3 is 2.40 bits per heavy atom. The lowest BCUT2D eigenvalue weighted by atomic mass is 9.49. The van der Waals surface area contributed by atoms with Crippen molar-refractivity contribution in [2.45, 2.75) is 24.2 Å². The summed E-state index contributed by atoms with van der Waals surface area (Å²) in [4.78, 5) is 70.6. The van der Waals surface area contributed by atoms with Crippen molar-refractivity contribution < 1.29 is 33.8 Å². The molecular weight excluding hydrogens is 598 g/mol. The Balaban J connectivity index is 1.53. The second-order valence-electron chi connectivity index (χ2n) is 11.9. The van der Waals surface area contributed by atoms with Crippen molar-refractivity contribution in [1.29, 1.82) is 0 Å². The fourth-order valence-electron chi connectivity index (χ4n) is 8.24. The van der Waals surface area contributed by atoms with Crippen LogP contribution in [-0.4, -0.2) is 46.8 Å². The Kier molecular flexibility index (Phi) is 6.59. The molecular formula is C34H28ClN3O7. The summed E-state index contributed by atoms with van der Waals surface area (Å²) in [6.45, 7) is 0. The van der Waals surface area contributed by atoms with Crippen LogP contribution in [0.25, 0.3) is 0 Å². The third kappa shape index (κ3) is 3.91. The van der Waals surface area contributed by atoms with E-state index in [0.717, 1.165) is 4.90 Å². The van der Waals surface area contributed by atoms with E-state index in [1.807, 2.05) is 24.3 Å². The number of imide groups is 4. The number of nitrogens with two attached hydrogens (primary N) is 1. The molecule has 0 unspecified atom stereocenters. The maximum Gasteiger partial charge on any atom is 0.328 e. The number of likely N-dealkylation sites (tertiary alicyclic amines) is 1. The lowest BCUT2D eigenvalue weighted by molar-refractivity contribution is -0.136. The average Bonchev–Trinajstić information content (AvgIpc) is 3.42. The Hall–Kier alpha value is -4.96. The molecule has 10 nitrogen and oxygen atoms in total. The van der Waals surface area contributed by atoms with Crippen LogP contribution in [0.3, 0.4) is 0 Å². The molecule has 7 rings (SSSR count). The van der Waals surface area contributed by atoms with Gasteiger partial charge in [0.25, 0.3) is 0 Å². The van der Waals surface area contributed by atoms with Crippen LogP contribution < -0.4 is 15.4 Å². The van der Waals surface area contributed by atoms with E-state index in [9.17, 15) is 24.3 Å². The largest absolute Gasteiger partial charge is 0.508 e. The van der Waals surface area contributed by atoms with E-state index in [4.69, 9.17) is 22.1 Å². The molecule has 2 saturated heterocycles. The number of allylic oxidation sites excluding steroid dienone is 2. The minimum Gasteiger partial charge on any atom is -0.508 e. The molecule has 3 N–H and O–H groups in total. The van der Waals surface area contributed by atoms with Crippen molar-refractivity contribution in [2.75, 3.05) is 12.0 Å². The van der Waals surface area contributed by atoms with Crippen molar-refractivity contribution in [3.8, 4) is 11.5 Å². The lowest BCUT2D eigenvalue weighted by Crippen LogP contribution is -2.53. The van der Waals surface area contributed by atoms with E-state index in [1.165, 1.54) is 19.2 Å². The number of carbonyl (C=O) groups is 5. The van der Waals surface area contributed by atoms with Crippen LogP contribution in [0.1, 0.15) is 29.9 Å². The first kappa shape index (κ1) is 28.8. The number of primary amides is 1. The highest BCUT2D eigenvalue weighted by Crippen LogP contribution is 2.65. The van der Waals surface area contributed by atoms with Gasteiger partial charge in [0.05, 0.1) is 36.0 Å². The normalized spacial score (nSPS) is 28.8. The summed E-state index contributed by atoms with van der Waals surface area (Å²) in [6.07, 6.45) is 2.06. The molecule has 2 aliphatic heterocycles. The van der Waals surface area contributed by atoms with Crippen LogP contribution in [0, 0.1) is 23.7 Å². The van der Waals surface area contributed by atoms with Gasteiger partial charge >= 0.3 is 6.03 Å². The number of benzene rings is 3. The summed E-state index contributed by atoms with van der Waals surface area (Å²) in [6, 6.07) is 19.0. The van der Waals surface area contributed by atoms with E-state index in [0.29, 0.717) is 32.3 Å². The number of hydrogen-bond donors (Lipinski definition) is 2. The molecule has 2 aliphatic carbocycles. The summed E-state index contributed by atoms with van der Waals surface area (Å²) in [5.74, 6) is -6.40. The molecule has 3 aromatic carbocycles. The van der Waals surface area contributed by atoms with Gasteiger partial charge in [0.1, 0.15) is 11.5 Å². The standard InChI is InChI=1S/C34H28ClN3O7/c1-45-26-15-20(39)10-11-22(26)28-21-12-13-23-27(31(42)38(29(23)40)33(36)44)24(21)16-25-30(41)37(19-9-5-8-18(35)14-19)32(43)34(25,28)17-6-3-2-4-7-17/h2-12,14-15,23-25,27-28,39H,13,16H2,1H3,(H2,36,44)/t23-,24+,25-,27-,28+,34+/m0/s1. The molecule has 4 aliphatic rings. The van der Waals surface area contributed by atoms with Crippen LogP contribution in [-0.2, 0) is 24.6 Å². The van der Waals surface area contributed by atoms with Gasteiger partial charge in [-0.2, -0.15) is 4.90 Å². The first-order chi connectivity index (χ1) is 21.6. The molecule has 2 heterocycles. The van der Waals surface area contributed by atoms with Gasteiger partial charge < -0.3 is 15.6 Å². The molecule has 0 bridgehead atoms. The highest BCUT2D eigenvalue weighted by Gasteiger charge is 2.70. The van der Waals surface area contributed by atoms with E-state index in [-0.39, 0.29) is 24.3 Å². The molecule has 3 aromatic rings. The molecule has 3 fully saturated rings. The molecule has 1 saturated carbocycles. The van der Waals surface area contributed by atoms with Crippen molar-refractivity contribution >= 4 is 46.9 Å². The molecule has 11 heteroatoms. The number of rotatable bonds is 4. The monoisotopic (exact) mass is 625 g/mol. The first-order valence-corrected chi connectivity index (χ1v) is 14.9. The van der Waals surface area contributed by atoms with E-state index >= 15 is 4.79 Å². The summed E-state index contributed by atoms with van der Waals surface area (Å²) < 4.78 is 5.75. The highest BCUT2D eigenvalue weighted by atomic mass is 35.5. The number of ether oxygens (including phenoxy) is 1. The number of aromatic hydroxyl groups is 1. The van der Waals surface area contributed by atoms with Gasteiger partial charge in [0.2, 0.25) is 23.6 Å². The summed E-state index contributed by atoms with van der Waals surface area (Å²) in [7, 11) is 1.44. The number of nitrogens with zero attached hydrogens (tertiary/aromatic N) is 2. The number of hydrogen-bond acceptors (Lipinski definition) is 7. The first-order valence-electron chi connectivity index (χ1n) is 14.5. The van der Waals surface area contributed by atoms with Crippen molar-refractivity contribution in [3.63, 3.8) is 0 Å². The Morgan fingerprint density at radius 1 is 0.956 bits per heavy atom. The van der Waals surface area contributed by atoms with Crippen LogP contribution in [0.15, 0.2) is 84.4 Å². The number of fused-ring (bicyclic) bond motifs is 4. The minimum absolute atomic E-state index is 0.0611. The zero-order chi connectivity index (χ0) is 31.8. The minimum atomic E-state index is -1.50. The predicted octanol–water partition coefficient (Wildman–Crippen LogP) is 4.30. The van der Waals surface area contributed by atoms with E-state index < -0.39 is 64.7 Å². The number of carbonyl (C=O) groups excluding carboxylic acids is 5. The SMILES string of the molecule is COc1cc(O)ccc1[C@H]1C2=CC[C@@H]3C(=O)N(C(N)=O)C(=O)[C@@H]3[C@@H]2C[C@H]2C(=O)N(c3cccc(Cl)c3)C(=O)[C@@]12c1ccccc1. The molecule has 45 heavy (non-hydrogen) atoms. The molecule has 0 spiro atoms. The number of phenolic OH excluding ortho intramolecular Hbond substituents is 1. The van der Waals surface area contributed by atoms with Gasteiger partial charge in [-0.05, 0) is 48.6 Å². The second kappa shape index (κ2) is 10.3. The maximum atomic E-state index is 15.1. The number of urea groups is 1. The Labute approximate surface area is 263 Å². The van der Waals surface area contributed by atoms with Gasteiger partial charge in [0, 0.05) is 22.6 Å². The smallest absolute Gasteiger partial charge is 0.328 e. The van der Waals surface area contributed by atoms with Crippen LogP contribution >= 0.6 is 11.6 Å². The summed E-state index contributed by atoms with van der Waals surface area (Å²) in [5, 5.41) is 10.7. The van der Waals surface area contributed by atoms with Crippen LogP contribution in [0.5, 0.6) is 11.5 Å². The van der Waals surface area contributed by atoms with Crippen LogP contribution in [0.2, 0.25) is 5.02 Å². The Morgan fingerprint density at radius 2 is 1.71 bits per heavy atom. The molecule has 228 valence electrons. The Bertz CT molecular complexity index is 1840. The van der Waals surface area contributed by atoms with Gasteiger partial charge in [-0.3, -0.25) is 19.2 Å². The number of methoxy groups -OCH3 is 1. The third-order valence-electron chi connectivity index (χ3n) is 9.92. The number of halogens is 1. The van der Waals surface area contributed by atoms with Crippen molar-refractivity contribution in [3.05, 3.63) is 101 Å². The third-order valence-corrected chi connectivity index (χ3v) is 10.2. The highest BCUT2D eigenvalue weighted by molar-refractivity contribution is 6.32. The van der Waals surface area contributed by atoms with Crippen molar-refractivity contribution in [1.82, 2.24) is 4.90 Å². The average molecular weight is 626 g/mol.